The number of amides is 1. The van der Waals surface area contributed by atoms with Gasteiger partial charge in [0.1, 0.15) is 5.75 Å². The minimum absolute atomic E-state index is 0.221. The molecule has 0 saturated carbocycles. The molecule has 1 aromatic heterocycles. The molecule has 0 aliphatic carbocycles. The van der Waals surface area contributed by atoms with Gasteiger partial charge in [-0.15, -0.1) is 0 Å². The average molecular weight is 423 g/mol. The number of quaternary nitrogens is 1. The summed E-state index contributed by atoms with van der Waals surface area (Å²) in [6.45, 7) is 3.10. The SMILES string of the molecule is CCOc1ccc(-n2c(O)c(/C=N/NC(=O)CC[NH+](C)C)c3ccccc3c2=O)cc1. The van der Waals surface area contributed by atoms with Gasteiger partial charge in [-0.05, 0) is 37.3 Å². The molecule has 1 amide bonds. The van der Waals surface area contributed by atoms with E-state index in [1.807, 2.05) is 21.0 Å². The maximum atomic E-state index is 13.1. The number of carbonyl (C=O) groups is 1. The molecule has 3 N–H and O–H groups in total. The first-order valence-corrected chi connectivity index (χ1v) is 10.1. The Hall–Kier alpha value is -3.65. The van der Waals surface area contributed by atoms with E-state index in [1.165, 1.54) is 10.8 Å². The normalized spacial score (nSPS) is 11.4. The lowest BCUT2D eigenvalue weighted by Gasteiger charge is -2.14. The summed E-state index contributed by atoms with van der Waals surface area (Å²) >= 11 is 0. The lowest BCUT2D eigenvalue weighted by molar-refractivity contribution is -0.857. The van der Waals surface area contributed by atoms with Crippen LogP contribution in [-0.2, 0) is 4.79 Å². The number of nitrogens with one attached hydrogen (secondary N) is 2. The van der Waals surface area contributed by atoms with E-state index in [2.05, 4.69) is 10.5 Å². The molecule has 8 nitrogen and oxygen atoms in total. The van der Waals surface area contributed by atoms with Gasteiger partial charge in [-0.2, -0.15) is 5.10 Å². The van der Waals surface area contributed by atoms with Gasteiger partial charge in [0.15, 0.2) is 0 Å². The van der Waals surface area contributed by atoms with Gasteiger partial charge in [-0.3, -0.25) is 9.59 Å². The van der Waals surface area contributed by atoms with Gasteiger partial charge in [0, 0.05) is 10.8 Å². The number of carbonyl (C=O) groups excluding carboxylic acids is 1. The van der Waals surface area contributed by atoms with Crippen molar-refractivity contribution in [3.63, 3.8) is 0 Å². The largest absolute Gasteiger partial charge is 0.494 e. The number of hydrogen-bond donors (Lipinski definition) is 3. The van der Waals surface area contributed by atoms with Crippen molar-refractivity contribution in [2.45, 2.75) is 13.3 Å². The Kier molecular flexibility index (Phi) is 7.04. The van der Waals surface area contributed by atoms with Crippen LogP contribution in [0.1, 0.15) is 18.9 Å². The Morgan fingerprint density at radius 1 is 1.16 bits per heavy atom. The highest BCUT2D eigenvalue weighted by Gasteiger charge is 2.16. The van der Waals surface area contributed by atoms with Gasteiger partial charge >= 0.3 is 0 Å². The summed E-state index contributed by atoms with van der Waals surface area (Å²) in [4.78, 5) is 26.2. The molecule has 2 aromatic carbocycles. The van der Waals surface area contributed by atoms with E-state index in [-0.39, 0.29) is 17.3 Å². The van der Waals surface area contributed by atoms with Crippen LogP contribution in [0.25, 0.3) is 16.5 Å². The number of hydrazone groups is 1. The molecule has 0 radical (unpaired) electrons. The van der Waals surface area contributed by atoms with Crippen LogP contribution in [0.3, 0.4) is 0 Å². The number of hydrogen-bond acceptors (Lipinski definition) is 5. The molecule has 31 heavy (non-hydrogen) atoms. The highest BCUT2D eigenvalue weighted by Crippen LogP contribution is 2.26. The van der Waals surface area contributed by atoms with E-state index >= 15 is 0 Å². The van der Waals surface area contributed by atoms with Crippen LogP contribution >= 0.6 is 0 Å². The Balaban J connectivity index is 2.02. The number of aromatic hydroxyl groups is 1. The second-order valence-corrected chi connectivity index (χ2v) is 7.35. The molecular weight excluding hydrogens is 396 g/mol. The van der Waals surface area contributed by atoms with Crippen molar-refractivity contribution in [3.05, 3.63) is 64.4 Å². The molecule has 0 aliphatic heterocycles. The highest BCUT2D eigenvalue weighted by atomic mass is 16.5. The first kappa shape index (κ1) is 22.0. The summed E-state index contributed by atoms with van der Waals surface area (Å²) in [7, 11) is 3.93. The Morgan fingerprint density at radius 2 is 1.84 bits per heavy atom. The second kappa shape index (κ2) is 9.90. The molecule has 3 aromatic rings. The summed E-state index contributed by atoms with van der Waals surface area (Å²) in [5.41, 5.74) is 2.95. The molecular formula is C23H27N4O4+. The molecule has 0 bridgehead atoms. The zero-order valence-electron chi connectivity index (χ0n) is 17.9. The fraction of sp³-hybridized carbons (Fsp3) is 0.261. The quantitative estimate of drug-likeness (QED) is 0.373. The van der Waals surface area contributed by atoms with Crippen LogP contribution in [0.4, 0.5) is 0 Å². The molecule has 3 rings (SSSR count). The molecule has 1 heterocycles. The van der Waals surface area contributed by atoms with Crippen molar-refractivity contribution >= 4 is 22.9 Å². The Bertz CT molecular complexity index is 1150. The smallest absolute Gasteiger partial charge is 0.265 e. The molecule has 8 heteroatoms. The summed E-state index contributed by atoms with van der Waals surface area (Å²) in [6.07, 6.45) is 1.70. The standard InChI is InChI=1S/C23H26N4O4/c1-4-31-17-11-9-16(10-12-17)27-22(29)19-8-6-5-7-18(19)20(23(27)30)15-24-25-21(28)13-14-26(2)3/h5-12,15,30H,4,13-14H2,1-3H3,(H,25,28)/p+1/b24-15+. The molecule has 0 saturated heterocycles. The third-order valence-electron chi connectivity index (χ3n) is 4.74. The summed E-state index contributed by atoms with van der Waals surface area (Å²) in [6, 6.07) is 13.8. The number of nitrogens with zero attached hydrogens (tertiary/aromatic N) is 2. The topological polar surface area (TPSA) is 97.4 Å². The van der Waals surface area contributed by atoms with Crippen molar-refractivity contribution in [2.24, 2.45) is 5.10 Å². The monoisotopic (exact) mass is 423 g/mol. The summed E-state index contributed by atoms with van der Waals surface area (Å²) < 4.78 is 6.67. The van der Waals surface area contributed by atoms with Crippen LogP contribution in [0, 0.1) is 0 Å². The third-order valence-corrected chi connectivity index (χ3v) is 4.74. The molecule has 0 atom stereocenters. The first-order valence-electron chi connectivity index (χ1n) is 10.1. The number of benzene rings is 2. The van der Waals surface area contributed by atoms with Gasteiger partial charge in [-0.1, -0.05) is 18.2 Å². The van der Waals surface area contributed by atoms with Gasteiger partial charge in [0.05, 0.1) is 51.1 Å². The Morgan fingerprint density at radius 3 is 2.48 bits per heavy atom. The third kappa shape index (κ3) is 5.10. The number of aromatic nitrogens is 1. The first-order chi connectivity index (χ1) is 14.9. The Labute approximate surface area is 180 Å². The van der Waals surface area contributed by atoms with Crippen LogP contribution in [0.5, 0.6) is 11.6 Å². The molecule has 0 spiro atoms. The van der Waals surface area contributed by atoms with E-state index in [0.717, 1.165) is 4.90 Å². The molecule has 162 valence electrons. The number of fused-ring (bicyclic) bond motifs is 1. The summed E-state index contributed by atoms with van der Waals surface area (Å²) in [5.74, 6) is 0.188. The minimum atomic E-state index is -0.354. The van der Waals surface area contributed by atoms with Crippen molar-refractivity contribution in [1.82, 2.24) is 9.99 Å². The lowest BCUT2D eigenvalue weighted by Crippen LogP contribution is -3.05. The van der Waals surface area contributed by atoms with Crippen LogP contribution in [0.15, 0.2) is 58.4 Å². The fourth-order valence-electron chi connectivity index (χ4n) is 3.18. The van der Waals surface area contributed by atoms with Gasteiger partial charge in [-0.25, -0.2) is 9.99 Å². The molecule has 0 fully saturated rings. The lowest BCUT2D eigenvalue weighted by atomic mass is 10.1. The van der Waals surface area contributed by atoms with E-state index in [9.17, 15) is 14.7 Å². The molecule has 0 aliphatic rings. The van der Waals surface area contributed by atoms with Crippen molar-refractivity contribution < 1.29 is 19.5 Å². The van der Waals surface area contributed by atoms with Crippen LogP contribution in [-0.4, -0.2) is 49.0 Å². The van der Waals surface area contributed by atoms with Crippen molar-refractivity contribution in [3.8, 4) is 17.3 Å². The van der Waals surface area contributed by atoms with E-state index in [0.29, 0.717) is 47.3 Å². The maximum Gasteiger partial charge on any atom is 0.265 e. The van der Waals surface area contributed by atoms with Gasteiger partial charge < -0.3 is 14.7 Å². The predicted molar refractivity (Wildman–Crippen MR) is 120 cm³/mol. The van der Waals surface area contributed by atoms with E-state index < -0.39 is 0 Å². The van der Waals surface area contributed by atoms with Crippen molar-refractivity contribution in [2.75, 3.05) is 27.2 Å². The number of ether oxygens (including phenoxy) is 1. The number of pyridine rings is 1. The highest BCUT2D eigenvalue weighted by molar-refractivity contribution is 6.02. The zero-order chi connectivity index (χ0) is 22.4. The van der Waals surface area contributed by atoms with Crippen molar-refractivity contribution in [1.29, 1.82) is 0 Å². The molecule has 0 unspecified atom stereocenters. The minimum Gasteiger partial charge on any atom is -0.494 e. The van der Waals surface area contributed by atoms with Gasteiger partial charge in [0.2, 0.25) is 11.8 Å². The van der Waals surface area contributed by atoms with Gasteiger partial charge in [0.25, 0.3) is 5.56 Å². The predicted octanol–water partition coefficient (Wildman–Crippen LogP) is 1.08. The van der Waals surface area contributed by atoms with Crippen LogP contribution < -0.4 is 20.6 Å². The van der Waals surface area contributed by atoms with E-state index in [4.69, 9.17) is 4.74 Å². The second-order valence-electron chi connectivity index (χ2n) is 7.35. The van der Waals surface area contributed by atoms with Crippen LogP contribution in [0.2, 0.25) is 0 Å². The van der Waals surface area contributed by atoms with E-state index in [1.54, 1.807) is 48.5 Å². The summed E-state index contributed by atoms with van der Waals surface area (Å²) in [5, 5.41) is 15.9. The zero-order valence-corrected chi connectivity index (χ0v) is 17.9. The fourth-order valence-corrected chi connectivity index (χ4v) is 3.18. The maximum absolute atomic E-state index is 13.1. The number of rotatable bonds is 8. The average Bonchev–Trinajstić information content (AvgIpc) is 2.76.